The number of thioether (sulfide) groups is 2. The number of nitrogens with zero attached hydrogens (tertiary/aromatic N) is 1. The summed E-state index contributed by atoms with van der Waals surface area (Å²) in [6.07, 6.45) is 1.89. The molecule has 0 spiro atoms. The van der Waals surface area contributed by atoms with Gasteiger partial charge in [0.1, 0.15) is 5.82 Å². The zero-order valence-corrected chi connectivity index (χ0v) is 12.2. The molecule has 1 saturated heterocycles. The second-order valence-electron chi connectivity index (χ2n) is 4.54. The second kappa shape index (κ2) is 5.57. The Hall–Kier alpha value is -0.290. The molecule has 5 heteroatoms. The predicted octanol–water partition coefficient (Wildman–Crippen LogP) is 3.37. The summed E-state index contributed by atoms with van der Waals surface area (Å²) in [7, 11) is 0. The Labute approximate surface area is 111 Å². The molecule has 3 atom stereocenters. The lowest BCUT2D eigenvalue weighted by atomic mass is 10.3. The molecule has 17 heavy (non-hydrogen) atoms. The maximum absolute atomic E-state index is 9.75. The summed E-state index contributed by atoms with van der Waals surface area (Å²) in [5.74, 6) is 2.22. The fourth-order valence-corrected chi connectivity index (χ4v) is 4.79. The predicted molar refractivity (Wildman–Crippen MR) is 76.0 cm³/mol. The molecule has 96 valence electrons. The SMILES string of the molecule is CCCc1[nH]c(C2CSC(C)C(C)S2)nc1O. The zero-order chi connectivity index (χ0) is 12.4. The Bertz CT molecular complexity index is 381. The van der Waals surface area contributed by atoms with Gasteiger partial charge in [0.15, 0.2) is 0 Å². The van der Waals surface area contributed by atoms with Crippen molar-refractivity contribution in [2.75, 3.05) is 5.75 Å². The molecule has 0 bridgehead atoms. The number of aromatic nitrogens is 2. The van der Waals surface area contributed by atoms with Crippen LogP contribution >= 0.6 is 23.5 Å². The standard InChI is InChI=1S/C12H20N2OS2/c1-4-5-9-12(15)14-11(13-9)10-6-16-7(2)8(3)17-10/h7-8,10,15H,4-6H2,1-3H3,(H,13,14). The first-order valence-electron chi connectivity index (χ1n) is 6.16. The first-order valence-corrected chi connectivity index (χ1v) is 8.15. The number of hydrogen-bond donors (Lipinski definition) is 2. The lowest BCUT2D eigenvalue weighted by molar-refractivity contribution is 0.448. The first kappa shape index (κ1) is 13.1. The Morgan fingerprint density at radius 2 is 2.18 bits per heavy atom. The minimum atomic E-state index is 0.193. The topological polar surface area (TPSA) is 48.9 Å². The van der Waals surface area contributed by atoms with E-state index in [1.807, 2.05) is 23.5 Å². The molecule has 0 aliphatic carbocycles. The maximum Gasteiger partial charge on any atom is 0.232 e. The summed E-state index contributed by atoms with van der Waals surface area (Å²) in [5.41, 5.74) is 0.888. The molecule has 0 amide bonds. The molecule has 1 aromatic rings. The van der Waals surface area contributed by atoms with Crippen molar-refractivity contribution in [1.29, 1.82) is 0 Å². The fourth-order valence-electron chi connectivity index (χ4n) is 1.92. The number of aromatic hydroxyl groups is 1. The summed E-state index contributed by atoms with van der Waals surface area (Å²) in [6, 6.07) is 0. The van der Waals surface area contributed by atoms with Crippen LogP contribution in [0.3, 0.4) is 0 Å². The van der Waals surface area contributed by atoms with Crippen molar-refractivity contribution < 1.29 is 5.11 Å². The molecule has 0 aromatic carbocycles. The van der Waals surface area contributed by atoms with E-state index in [9.17, 15) is 5.11 Å². The van der Waals surface area contributed by atoms with Gasteiger partial charge in [-0.3, -0.25) is 0 Å². The van der Waals surface area contributed by atoms with E-state index in [-0.39, 0.29) is 5.88 Å². The summed E-state index contributed by atoms with van der Waals surface area (Å²) >= 11 is 3.96. The van der Waals surface area contributed by atoms with Crippen molar-refractivity contribution in [3.63, 3.8) is 0 Å². The van der Waals surface area contributed by atoms with Gasteiger partial charge >= 0.3 is 0 Å². The van der Waals surface area contributed by atoms with E-state index in [1.54, 1.807) is 0 Å². The molecule has 0 saturated carbocycles. The largest absolute Gasteiger partial charge is 0.492 e. The molecular formula is C12H20N2OS2. The highest BCUT2D eigenvalue weighted by Gasteiger charge is 2.29. The smallest absolute Gasteiger partial charge is 0.232 e. The van der Waals surface area contributed by atoms with Crippen molar-refractivity contribution in [3.05, 3.63) is 11.5 Å². The third-order valence-electron chi connectivity index (χ3n) is 3.13. The Balaban J connectivity index is 2.09. The summed E-state index contributed by atoms with van der Waals surface area (Å²) < 4.78 is 0. The molecule has 1 fully saturated rings. The normalized spacial score (nSPS) is 29.5. The minimum absolute atomic E-state index is 0.193. The minimum Gasteiger partial charge on any atom is -0.492 e. The van der Waals surface area contributed by atoms with Crippen molar-refractivity contribution >= 4 is 23.5 Å². The average Bonchev–Trinajstić information content (AvgIpc) is 2.65. The number of H-pyrrole nitrogens is 1. The molecule has 2 N–H and O–H groups in total. The van der Waals surface area contributed by atoms with E-state index >= 15 is 0 Å². The molecular weight excluding hydrogens is 252 g/mol. The van der Waals surface area contributed by atoms with Gasteiger partial charge in [-0.1, -0.05) is 27.2 Å². The quantitative estimate of drug-likeness (QED) is 0.886. The van der Waals surface area contributed by atoms with E-state index in [4.69, 9.17) is 0 Å². The molecule has 1 aliphatic rings. The van der Waals surface area contributed by atoms with Crippen LogP contribution < -0.4 is 0 Å². The Morgan fingerprint density at radius 3 is 2.82 bits per heavy atom. The zero-order valence-electron chi connectivity index (χ0n) is 10.6. The van der Waals surface area contributed by atoms with Crippen LogP contribution in [0.5, 0.6) is 5.88 Å². The lowest BCUT2D eigenvalue weighted by Gasteiger charge is -2.30. The molecule has 3 unspecified atom stereocenters. The number of aromatic amines is 1. The highest BCUT2D eigenvalue weighted by Crippen LogP contribution is 2.43. The number of aryl methyl sites for hydroxylation is 1. The van der Waals surface area contributed by atoms with Crippen LogP contribution in [0.2, 0.25) is 0 Å². The number of hydrogen-bond acceptors (Lipinski definition) is 4. The molecule has 2 rings (SSSR count). The fraction of sp³-hybridized carbons (Fsp3) is 0.750. The van der Waals surface area contributed by atoms with E-state index in [0.29, 0.717) is 15.7 Å². The Kier molecular flexibility index (Phi) is 4.31. The van der Waals surface area contributed by atoms with Crippen LogP contribution in [-0.2, 0) is 6.42 Å². The van der Waals surface area contributed by atoms with Gasteiger partial charge in [-0.2, -0.15) is 16.7 Å². The summed E-state index contributed by atoms with van der Waals surface area (Å²) in [4.78, 5) is 7.57. The third kappa shape index (κ3) is 2.94. The lowest BCUT2D eigenvalue weighted by Crippen LogP contribution is -2.22. The van der Waals surface area contributed by atoms with Crippen LogP contribution in [0, 0.1) is 0 Å². The number of rotatable bonds is 3. The maximum atomic E-state index is 9.75. The van der Waals surface area contributed by atoms with Gasteiger partial charge in [0.2, 0.25) is 5.88 Å². The van der Waals surface area contributed by atoms with Gasteiger partial charge in [-0.25, -0.2) is 0 Å². The molecule has 3 nitrogen and oxygen atoms in total. The molecule has 1 aliphatic heterocycles. The van der Waals surface area contributed by atoms with Crippen LogP contribution in [0.4, 0.5) is 0 Å². The first-order chi connectivity index (χ1) is 8.11. The van der Waals surface area contributed by atoms with E-state index in [2.05, 4.69) is 30.7 Å². The van der Waals surface area contributed by atoms with Gasteiger partial charge < -0.3 is 10.1 Å². The van der Waals surface area contributed by atoms with Crippen LogP contribution in [0.1, 0.15) is 44.0 Å². The van der Waals surface area contributed by atoms with Crippen molar-refractivity contribution in [3.8, 4) is 5.88 Å². The molecule has 2 heterocycles. The van der Waals surface area contributed by atoms with Gasteiger partial charge in [-0.05, 0) is 6.42 Å². The third-order valence-corrected chi connectivity index (χ3v) is 6.53. The highest BCUT2D eigenvalue weighted by molar-refractivity contribution is 8.07. The average molecular weight is 272 g/mol. The van der Waals surface area contributed by atoms with E-state index in [0.717, 1.165) is 30.1 Å². The van der Waals surface area contributed by atoms with Gasteiger partial charge in [0.05, 0.1) is 10.9 Å². The molecule has 0 radical (unpaired) electrons. The van der Waals surface area contributed by atoms with Crippen molar-refractivity contribution in [1.82, 2.24) is 9.97 Å². The molecule has 1 aromatic heterocycles. The van der Waals surface area contributed by atoms with Gasteiger partial charge in [0, 0.05) is 16.3 Å². The van der Waals surface area contributed by atoms with Crippen molar-refractivity contribution in [2.45, 2.75) is 49.4 Å². The van der Waals surface area contributed by atoms with Gasteiger partial charge in [-0.15, -0.1) is 11.8 Å². The monoisotopic (exact) mass is 272 g/mol. The van der Waals surface area contributed by atoms with Gasteiger partial charge in [0.25, 0.3) is 0 Å². The van der Waals surface area contributed by atoms with E-state index < -0.39 is 0 Å². The number of imidazole rings is 1. The van der Waals surface area contributed by atoms with Crippen LogP contribution in [-0.4, -0.2) is 31.3 Å². The van der Waals surface area contributed by atoms with Crippen LogP contribution in [0.15, 0.2) is 0 Å². The Morgan fingerprint density at radius 1 is 1.41 bits per heavy atom. The highest BCUT2D eigenvalue weighted by atomic mass is 32.2. The van der Waals surface area contributed by atoms with Crippen molar-refractivity contribution in [2.24, 2.45) is 0 Å². The number of nitrogens with one attached hydrogen (secondary N) is 1. The summed E-state index contributed by atoms with van der Waals surface area (Å²) in [5, 5.41) is 11.5. The summed E-state index contributed by atoms with van der Waals surface area (Å²) in [6.45, 7) is 6.65. The second-order valence-corrected chi connectivity index (χ2v) is 7.54. The van der Waals surface area contributed by atoms with E-state index in [1.165, 1.54) is 0 Å². The van der Waals surface area contributed by atoms with Crippen LogP contribution in [0.25, 0.3) is 0 Å².